The fourth-order valence-corrected chi connectivity index (χ4v) is 1.01. The molecule has 0 saturated carbocycles. The van der Waals surface area contributed by atoms with Crippen LogP contribution < -0.4 is 5.32 Å². The monoisotopic (exact) mass is 181 g/mol. The number of rotatable bonds is 3. The molecule has 0 amide bonds. The molecule has 13 heavy (non-hydrogen) atoms. The molecule has 0 aliphatic carbocycles. The Morgan fingerprint density at radius 1 is 1.46 bits per heavy atom. The predicted molar refractivity (Wildman–Crippen MR) is 51.7 cm³/mol. The molecule has 1 atom stereocenters. The highest BCUT2D eigenvalue weighted by molar-refractivity contribution is 5.34. The van der Waals surface area contributed by atoms with Gasteiger partial charge in [-0.1, -0.05) is 0 Å². The van der Waals surface area contributed by atoms with Crippen LogP contribution in [0.25, 0.3) is 0 Å². The fourth-order valence-electron chi connectivity index (χ4n) is 1.01. The molecular formula is C9H15N3O. The number of aromatic nitrogens is 2. The van der Waals surface area contributed by atoms with Gasteiger partial charge in [0, 0.05) is 25.9 Å². The second kappa shape index (κ2) is 4.18. The van der Waals surface area contributed by atoms with E-state index in [-0.39, 0.29) is 6.10 Å². The zero-order chi connectivity index (χ0) is 9.84. The maximum absolute atomic E-state index is 5.14. The van der Waals surface area contributed by atoms with Crippen molar-refractivity contribution in [2.24, 2.45) is 0 Å². The van der Waals surface area contributed by atoms with E-state index in [1.54, 1.807) is 7.11 Å². The molecule has 1 rings (SSSR count). The number of anilines is 1. The highest BCUT2D eigenvalue weighted by Gasteiger charge is 2.08. The molecule has 4 nitrogen and oxygen atoms in total. The fraction of sp³-hybridized carbons (Fsp3) is 0.556. The molecule has 0 saturated heterocycles. The Kier molecular flexibility index (Phi) is 3.19. The number of hydrogen-bond donors (Lipinski definition) is 1. The third kappa shape index (κ3) is 2.39. The van der Waals surface area contributed by atoms with Crippen LogP contribution in [0.4, 0.5) is 5.82 Å². The first-order valence-corrected chi connectivity index (χ1v) is 4.23. The number of nitrogens with one attached hydrogen (secondary N) is 1. The topological polar surface area (TPSA) is 47.0 Å². The van der Waals surface area contributed by atoms with E-state index < -0.39 is 0 Å². The molecule has 1 unspecified atom stereocenters. The molecule has 4 heteroatoms. The lowest BCUT2D eigenvalue weighted by atomic mass is 10.3. The Hall–Kier alpha value is -1.16. The lowest BCUT2D eigenvalue weighted by Crippen LogP contribution is -2.06. The molecule has 1 N–H and O–H groups in total. The van der Waals surface area contributed by atoms with Crippen LogP contribution in [0.1, 0.15) is 24.5 Å². The van der Waals surface area contributed by atoms with E-state index in [0.717, 1.165) is 11.5 Å². The average Bonchev–Trinajstić information content (AvgIpc) is 2.15. The minimum atomic E-state index is -0.0630. The van der Waals surface area contributed by atoms with Crippen molar-refractivity contribution in [2.75, 3.05) is 19.5 Å². The van der Waals surface area contributed by atoms with E-state index in [9.17, 15) is 0 Å². The SMILES string of the molecule is CNc1cc(C)nc(C(C)OC)n1. The van der Waals surface area contributed by atoms with Crippen molar-refractivity contribution in [3.63, 3.8) is 0 Å². The van der Waals surface area contributed by atoms with Gasteiger partial charge in [0.2, 0.25) is 0 Å². The van der Waals surface area contributed by atoms with Crippen LogP contribution in [0.2, 0.25) is 0 Å². The van der Waals surface area contributed by atoms with Crippen LogP contribution in [-0.4, -0.2) is 24.1 Å². The van der Waals surface area contributed by atoms with Gasteiger partial charge in [0.25, 0.3) is 0 Å². The smallest absolute Gasteiger partial charge is 0.159 e. The third-order valence-electron chi connectivity index (χ3n) is 1.84. The van der Waals surface area contributed by atoms with Crippen molar-refractivity contribution in [1.29, 1.82) is 0 Å². The van der Waals surface area contributed by atoms with E-state index >= 15 is 0 Å². The number of aryl methyl sites for hydroxylation is 1. The van der Waals surface area contributed by atoms with Crippen molar-refractivity contribution in [1.82, 2.24) is 9.97 Å². The molecule has 72 valence electrons. The summed E-state index contributed by atoms with van der Waals surface area (Å²) in [7, 11) is 3.48. The molecule has 0 aliphatic rings. The quantitative estimate of drug-likeness (QED) is 0.768. The van der Waals surface area contributed by atoms with Crippen molar-refractivity contribution >= 4 is 5.82 Å². The van der Waals surface area contributed by atoms with Crippen LogP contribution in [0.5, 0.6) is 0 Å². The molecule has 0 aromatic carbocycles. The largest absolute Gasteiger partial charge is 0.374 e. The Labute approximate surface area is 78.4 Å². The first-order valence-electron chi connectivity index (χ1n) is 4.23. The van der Waals surface area contributed by atoms with Gasteiger partial charge in [-0.2, -0.15) is 0 Å². The molecule has 0 fully saturated rings. The second-order valence-corrected chi connectivity index (χ2v) is 2.88. The molecule has 1 aromatic rings. The van der Waals surface area contributed by atoms with Crippen LogP contribution >= 0.6 is 0 Å². The van der Waals surface area contributed by atoms with Gasteiger partial charge in [-0.25, -0.2) is 9.97 Å². The molecule has 0 bridgehead atoms. The summed E-state index contributed by atoms with van der Waals surface area (Å²) < 4.78 is 5.14. The van der Waals surface area contributed by atoms with E-state index in [0.29, 0.717) is 5.82 Å². The van der Waals surface area contributed by atoms with Crippen molar-refractivity contribution < 1.29 is 4.74 Å². The molecule has 0 spiro atoms. The van der Waals surface area contributed by atoms with Gasteiger partial charge in [-0.3, -0.25) is 0 Å². The second-order valence-electron chi connectivity index (χ2n) is 2.88. The van der Waals surface area contributed by atoms with Crippen molar-refractivity contribution in [3.05, 3.63) is 17.6 Å². The van der Waals surface area contributed by atoms with Gasteiger partial charge in [0.1, 0.15) is 11.9 Å². The van der Waals surface area contributed by atoms with E-state index in [4.69, 9.17) is 4.74 Å². The number of methoxy groups -OCH3 is 1. The predicted octanol–water partition coefficient (Wildman–Crippen LogP) is 1.53. The highest BCUT2D eigenvalue weighted by Crippen LogP contribution is 2.13. The van der Waals surface area contributed by atoms with Gasteiger partial charge < -0.3 is 10.1 Å². The molecule has 1 aromatic heterocycles. The Morgan fingerprint density at radius 2 is 2.15 bits per heavy atom. The van der Waals surface area contributed by atoms with Gasteiger partial charge in [0.05, 0.1) is 0 Å². The van der Waals surface area contributed by atoms with Crippen LogP contribution in [0, 0.1) is 6.92 Å². The van der Waals surface area contributed by atoms with Crippen LogP contribution in [0.3, 0.4) is 0 Å². The maximum atomic E-state index is 5.14. The number of nitrogens with zero attached hydrogens (tertiary/aromatic N) is 2. The lowest BCUT2D eigenvalue weighted by Gasteiger charge is -2.10. The standard InChI is InChI=1S/C9H15N3O/c1-6-5-8(10-3)12-9(11-6)7(2)13-4/h5,7H,1-4H3,(H,10,11,12). The zero-order valence-corrected chi connectivity index (χ0v) is 8.46. The van der Waals surface area contributed by atoms with Gasteiger partial charge in [-0.15, -0.1) is 0 Å². The number of ether oxygens (including phenoxy) is 1. The summed E-state index contributed by atoms with van der Waals surface area (Å²) in [6, 6.07) is 1.89. The Morgan fingerprint density at radius 3 is 2.69 bits per heavy atom. The molecule has 1 heterocycles. The van der Waals surface area contributed by atoms with E-state index in [2.05, 4.69) is 15.3 Å². The van der Waals surface area contributed by atoms with Gasteiger partial charge >= 0.3 is 0 Å². The minimum Gasteiger partial charge on any atom is -0.374 e. The first-order chi connectivity index (χ1) is 6.17. The zero-order valence-electron chi connectivity index (χ0n) is 8.46. The Bertz CT molecular complexity index is 288. The molecular weight excluding hydrogens is 166 g/mol. The molecule has 0 aliphatic heterocycles. The third-order valence-corrected chi connectivity index (χ3v) is 1.84. The van der Waals surface area contributed by atoms with Crippen LogP contribution in [0.15, 0.2) is 6.07 Å². The van der Waals surface area contributed by atoms with Gasteiger partial charge in [-0.05, 0) is 13.8 Å². The number of hydrogen-bond acceptors (Lipinski definition) is 4. The summed E-state index contributed by atoms with van der Waals surface area (Å²) in [5, 5.41) is 2.98. The summed E-state index contributed by atoms with van der Waals surface area (Å²) in [6.07, 6.45) is -0.0630. The Balaban J connectivity index is 3.01. The van der Waals surface area contributed by atoms with Crippen LogP contribution in [-0.2, 0) is 4.74 Å². The minimum absolute atomic E-state index is 0.0630. The first kappa shape index (κ1) is 9.92. The highest BCUT2D eigenvalue weighted by atomic mass is 16.5. The average molecular weight is 181 g/mol. The lowest BCUT2D eigenvalue weighted by molar-refractivity contribution is 0.112. The van der Waals surface area contributed by atoms with Crippen molar-refractivity contribution in [3.8, 4) is 0 Å². The maximum Gasteiger partial charge on any atom is 0.159 e. The van der Waals surface area contributed by atoms with E-state index in [1.807, 2.05) is 27.0 Å². The molecule has 0 radical (unpaired) electrons. The van der Waals surface area contributed by atoms with E-state index in [1.165, 1.54) is 0 Å². The van der Waals surface area contributed by atoms with Gasteiger partial charge in [0.15, 0.2) is 5.82 Å². The summed E-state index contributed by atoms with van der Waals surface area (Å²) in [5.41, 5.74) is 0.943. The van der Waals surface area contributed by atoms with Crippen molar-refractivity contribution in [2.45, 2.75) is 20.0 Å². The summed E-state index contributed by atoms with van der Waals surface area (Å²) in [6.45, 7) is 3.86. The normalized spacial score (nSPS) is 12.6. The summed E-state index contributed by atoms with van der Waals surface area (Å²) in [5.74, 6) is 1.54. The summed E-state index contributed by atoms with van der Waals surface area (Å²) in [4.78, 5) is 8.55. The summed E-state index contributed by atoms with van der Waals surface area (Å²) >= 11 is 0.